The summed E-state index contributed by atoms with van der Waals surface area (Å²) in [5, 5.41) is 9.72. The first kappa shape index (κ1) is 13.7. The average Bonchev–Trinajstić information content (AvgIpc) is 2.37. The van der Waals surface area contributed by atoms with Gasteiger partial charge in [0, 0.05) is 26.7 Å². The number of nitrogens with one attached hydrogen (secondary N) is 1. The van der Waals surface area contributed by atoms with Gasteiger partial charge in [0.15, 0.2) is 0 Å². The first-order chi connectivity index (χ1) is 9.08. The maximum absolute atomic E-state index is 11.8. The lowest BCUT2D eigenvalue weighted by Crippen LogP contribution is -2.13. The molecule has 0 amide bonds. The van der Waals surface area contributed by atoms with Gasteiger partial charge < -0.3 is 4.98 Å². The second-order valence-corrected chi connectivity index (χ2v) is 5.25. The zero-order valence-electron chi connectivity index (χ0n) is 10.5. The zero-order valence-corrected chi connectivity index (χ0v) is 12.0. The highest BCUT2D eigenvalue weighted by Gasteiger charge is 2.16. The van der Waals surface area contributed by atoms with Gasteiger partial charge in [0.1, 0.15) is 11.6 Å². The molecule has 96 valence electrons. The second-order valence-electron chi connectivity index (χ2n) is 4.00. The molecule has 0 atom stereocenters. The van der Waals surface area contributed by atoms with E-state index < -0.39 is 0 Å². The van der Waals surface area contributed by atoms with E-state index in [-0.39, 0.29) is 11.1 Å². The molecule has 2 aromatic rings. The fraction of sp³-hybridized carbons (Fsp3) is 0.143. The maximum atomic E-state index is 11.8. The summed E-state index contributed by atoms with van der Waals surface area (Å²) >= 11 is 7.77. The number of rotatable bonds is 2. The molecule has 1 aromatic heterocycles. The van der Waals surface area contributed by atoms with Crippen molar-refractivity contribution in [2.75, 3.05) is 6.26 Å². The van der Waals surface area contributed by atoms with Crippen LogP contribution in [0.1, 0.15) is 11.3 Å². The van der Waals surface area contributed by atoms with Crippen LogP contribution in [0, 0.1) is 18.3 Å². The number of aryl methyl sites for hydroxylation is 1. The van der Waals surface area contributed by atoms with E-state index in [1.54, 1.807) is 19.1 Å². The van der Waals surface area contributed by atoms with Gasteiger partial charge in [-0.1, -0.05) is 17.7 Å². The Morgan fingerprint density at radius 1 is 1.42 bits per heavy atom. The summed E-state index contributed by atoms with van der Waals surface area (Å²) in [6.45, 7) is 1.78. The fourth-order valence-electron chi connectivity index (χ4n) is 1.93. The molecule has 0 spiro atoms. The van der Waals surface area contributed by atoms with Crippen LogP contribution in [0.15, 0.2) is 34.0 Å². The van der Waals surface area contributed by atoms with E-state index >= 15 is 0 Å². The van der Waals surface area contributed by atoms with Crippen molar-refractivity contribution in [3.05, 3.63) is 50.9 Å². The van der Waals surface area contributed by atoms with Crippen LogP contribution in [-0.4, -0.2) is 11.2 Å². The van der Waals surface area contributed by atoms with Gasteiger partial charge in [-0.25, -0.2) is 0 Å². The third-order valence-corrected chi connectivity index (χ3v) is 3.84. The van der Waals surface area contributed by atoms with Gasteiger partial charge >= 0.3 is 0 Å². The smallest absolute Gasteiger partial charge is 0.266 e. The van der Waals surface area contributed by atoms with Crippen LogP contribution in [0.2, 0.25) is 5.02 Å². The highest BCUT2D eigenvalue weighted by atomic mass is 35.5. The van der Waals surface area contributed by atoms with Crippen LogP contribution < -0.4 is 5.56 Å². The molecule has 2 rings (SSSR count). The molecule has 0 aliphatic carbocycles. The molecular formula is C14H11ClN2OS. The Labute approximate surface area is 120 Å². The molecule has 0 bridgehead atoms. The van der Waals surface area contributed by atoms with Gasteiger partial charge in [0.2, 0.25) is 0 Å². The number of hydrogen-bond acceptors (Lipinski definition) is 3. The molecule has 1 heterocycles. The number of thioether (sulfide) groups is 1. The van der Waals surface area contributed by atoms with Crippen LogP contribution in [0.3, 0.4) is 0 Å². The molecule has 0 saturated heterocycles. The standard InChI is InChI=1S/C14H11ClN2OS/c1-8-6-9(10(7-16)14(18)17-8)13-11(15)4-3-5-12(13)19-2/h3-6H,1-2H3,(H,17,18). The third kappa shape index (κ3) is 2.53. The Morgan fingerprint density at radius 3 is 2.79 bits per heavy atom. The quantitative estimate of drug-likeness (QED) is 0.860. The molecule has 0 aliphatic rings. The number of pyridine rings is 1. The van der Waals surface area contributed by atoms with Crippen molar-refractivity contribution < 1.29 is 0 Å². The average molecular weight is 291 g/mol. The summed E-state index contributed by atoms with van der Waals surface area (Å²) in [7, 11) is 0. The van der Waals surface area contributed by atoms with E-state index in [4.69, 9.17) is 11.6 Å². The number of aromatic nitrogens is 1. The van der Waals surface area contributed by atoms with Gasteiger partial charge in [0.25, 0.3) is 5.56 Å². The monoisotopic (exact) mass is 290 g/mol. The number of halogens is 1. The lowest BCUT2D eigenvalue weighted by molar-refractivity contribution is 1.13. The van der Waals surface area contributed by atoms with Crippen LogP contribution in [-0.2, 0) is 0 Å². The van der Waals surface area contributed by atoms with Crippen molar-refractivity contribution in [1.82, 2.24) is 4.98 Å². The number of benzene rings is 1. The number of H-pyrrole nitrogens is 1. The summed E-state index contributed by atoms with van der Waals surface area (Å²) in [5.74, 6) is 0. The minimum absolute atomic E-state index is 0.0917. The minimum atomic E-state index is -0.385. The topological polar surface area (TPSA) is 56.6 Å². The Morgan fingerprint density at radius 2 is 2.16 bits per heavy atom. The second kappa shape index (κ2) is 5.52. The SMILES string of the molecule is CSc1cccc(Cl)c1-c1cc(C)[nH]c(=O)c1C#N. The van der Waals surface area contributed by atoms with Crippen molar-refractivity contribution in [2.24, 2.45) is 0 Å². The molecule has 1 aromatic carbocycles. The predicted octanol–water partition coefficient (Wildman–Crippen LogP) is 3.60. The molecule has 0 saturated carbocycles. The van der Waals surface area contributed by atoms with E-state index in [2.05, 4.69) is 4.98 Å². The maximum Gasteiger partial charge on any atom is 0.266 e. The molecule has 5 heteroatoms. The molecule has 19 heavy (non-hydrogen) atoms. The van der Waals surface area contributed by atoms with Crippen molar-refractivity contribution in [2.45, 2.75) is 11.8 Å². The summed E-state index contributed by atoms with van der Waals surface area (Å²) < 4.78 is 0. The Bertz CT molecular complexity index is 731. The predicted molar refractivity (Wildman–Crippen MR) is 78.7 cm³/mol. The fourth-order valence-corrected chi connectivity index (χ4v) is 2.90. The van der Waals surface area contributed by atoms with Gasteiger partial charge in [-0.05, 0) is 31.4 Å². The molecule has 1 N–H and O–H groups in total. The van der Waals surface area contributed by atoms with Crippen LogP contribution in [0.4, 0.5) is 0 Å². The molecular weight excluding hydrogens is 280 g/mol. The normalized spacial score (nSPS) is 10.2. The Kier molecular flexibility index (Phi) is 3.98. The summed E-state index contributed by atoms with van der Waals surface area (Å²) in [6.07, 6.45) is 1.93. The van der Waals surface area contributed by atoms with Gasteiger partial charge in [0.05, 0.1) is 0 Å². The number of hydrogen-bond donors (Lipinski definition) is 1. The number of nitriles is 1. The molecule has 0 fully saturated rings. The van der Waals surface area contributed by atoms with E-state index in [1.165, 1.54) is 11.8 Å². The van der Waals surface area contributed by atoms with Crippen LogP contribution in [0.25, 0.3) is 11.1 Å². The van der Waals surface area contributed by atoms with Gasteiger partial charge in [-0.3, -0.25) is 4.79 Å². The molecule has 0 radical (unpaired) electrons. The summed E-state index contributed by atoms with van der Waals surface area (Å²) in [4.78, 5) is 15.4. The Balaban J connectivity index is 2.87. The van der Waals surface area contributed by atoms with Crippen molar-refractivity contribution >= 4 is 23.4 Å². The van der Waals surface area contributed by atoms with Crippen LogP contribution >= 0.6 is 23.4 Å². The van der Waals surface area contributed by atoms with E-state index in [1.807, 2.05) is 24.5 Å². The Hall–Kier alpha value is -1.70. The van der Waals surface area contributed by atoms with Crippen molar-refractivity contribution in [3.8, 4) is 17.2 Å². The molecule has 0 unspecified atom stereocenters. The highest BCUT2D eigenvalue weighted by Crippen LogP contribution is 2.37. The summed E-state index contributed by atoms with van der Waals surface area (Å²) in [5.41, 5.74) is 1.73. The lowest BCUT2D eigenvalue weighted by Gasteiger charge is -2.11. The van der Waals surface area contributed by atoms with Crippen LogP contribution in [0.5, 0.6) is 0 Å². The van der Waals surface area contributed by atoms with Gasteiger partial charge in [-0.15, -0.1) is 11.8 Å². The first-order valence-electron chi connectivity index (χ1n) is 5.55. The largest absolute Gasteiger partial charge is 0.325 e. The van der Waals surface area contributed by atoms with E-state index in [0.29, 0.717) is 16.3 Å². The lowest BCUT2D eigenvalue weighted by atomic mass is 10.0. The van der Waals surface area contributed by atoms with E-state index in [9.17, 15) is 10.1 Å². The summed E-state index contributed by atoms with van der Waals surface area (Å²) in [6, 6.07) is 9.26. The number of aromatic amines is 1. The molecule has 3 nitrogen and oxygen atoms in total. The van der Waals surface area contributed by atoms with Crippen molar-refractivity contribution in [3.63, 3.8) is 0 Å². The molecule has 0 aliphatic heterocycles. The number of nitrogens with zero attached hydrogens (tertiary/aromatic N) is 1. The third-order valence-electron chi connectivity index (χ3n) is 2.74. The van der Waals surface area contributed by atoms with E-state index in [0.717, 1.165) is 10.5 Å². The highest BCUT2D eigenvalue weighted by molar-refractivity contribution is 7.98. The zero-order chi connectivity index (χ0) is 14.0. The minimum Gasteiger partial charge on any atom is -0.325 e. The van der Waals surface area contributed by atoms with Gasteiger partial charge in [-0.2, -0.15) is 5.26 Å². The van der Waals surface area contributed by atoms with Crippen molar-refractivity contribution in [1.29, 1.82) is 5.26 Å². The first-order valence-corrected chi connectivity index (χ1v) is 7.15.